The summed E-state index contributed by atoms with van der Waals surface area (Å²) in [6.45, 7) is 1.05. The minimum absolute atomic E-state index is 0. The molecule has 8 nitrogen and oxygen atoms in total. The SMILES string of the molecule is Cl.NCC1CCCCN1C(=O)c1ccn(-c2c(Cl)cc([N+](=O)[O-])cc2Cl)n1. The molecule has 3 rings (SSSR count). The lowest BCUT2D eigenvalue weighted by Crippen LogP contribution is -2.47. The molecule has 1 aliphatic heterocycles. The Hall–Kier alpha value is -1.87. The van der Waals surface area contributed by atoms with E-state index in [0.717, 1.165) is 19.3 Å². The Kier molecular flexibility index (Phi) is 7.05. The van der Waals surface area contributed by atoms with Gasteiger partial charge in [0.25, 0.3) is 11.6 Å². The fourth-order valence-electron chi connectivity index (χ4n) is 3.10. The Labute approximate surface area is 171 Å². The van der Waals surface area contributed by atoms with E-state index in [1.807, 2.05) is 0 Å². The molecule has 2 aromatic rings. The number of hydrogen-bond acceptors (Lipinski definition) is 5. The smallest absolute Gasteiger partial charge is 0.274 e. The minimum atomic E-state index is -0.580. The average molecular weight is 435 g/mol. The van der Waals surface area contributed by atoms with Crippen LogP contribution in [0.1, 0.15) is 29.8 Å². The summed E-state index contributed by atoms with van der Waals surface area (Å²) in [7, 11) is 0. The van der Waals surface area contributed by atoms with Crippen LogP contribution in [0.2, 0.25) is 10.0 Å². The molecule has 11 heteroatoms. The average Bonchev–Trinajstić information content (AvgIpc) is 3.10. The van der Waals surface area contributed by atoms with Crippen molar-refractivity contribution in [1.29, 1.82) is 0 Å². The summed E-state index contributed by atoms with van der Waals surface area (Å²) in [5.74, 6) is -0.201. The molecule has 1 aromatic heterocycles. The highest BCUT2D eigenvalue weighted by Crippen LogP contribution is 2.33. The molecule has 27 heavy (non-hydrogen) atoms. The van der Waals surface area contributed by atoms with Crippen LogP contribution in [0.25, 0.3) is 5.69 Å². The highest BCUT2D eigenvalue weighted by atomic mass is 35.5. The summed E-state index contributed by atoms with van der Waals surface area (Å²) in [6, 6.07) is 3.97. The molecular weight excluding hydrogens is 417 g/mol. The summed E-state index contributed by atoms with van der Waals surface area (Å²) >= 11 is 12.3. The Morgan fingerprint density at radius 1 is 1.33 bits per heavy atom. The second-order valence-corrected chi connectivity index (χ2v) is 6.86. The molecule has 1 aliphatic rings. The third-order valence-electron chi connectivity index (χ3n) is 4.41. The number of carbonyl (C=O) groups excluding carboxylic acids is 1. The first-order chi connectivity index (χ1) is 12.4. The van der Waals surface area contributed by atoms with Gasteiger partial charge in [0.05, 0.1) is 15.0 Å². The quantitative estimate of drug-likeness (QED) is 0.585. The highest BCUT2D eigenvalue weighted by molar-refractivity contribution is 6.38. The normalized spacial score (nSPS) is 16.7. The lowest BCUT2D eigenvalue weighted by Gasteiger charge is -2.34. The number of benzene rings is 1. The second kappa shape index (κ2) is 8.88. The zero-order valence-electron chi connectivity index (χ0n) is 14.2. The van der Waals surface area contributed by atoms with Crippen molar-refractivity contribution in [2.24, 2.45) is 5.73 Å². The number of halogens is 3. The van der Waals surface area contributed by atoms with E-state index in [4.69, 9.17) is 28.9 Å². The maximum atomic E-state index is 12.8. The Morgan fingerprint density at radius 3 is 2.59 bits per heavy atom. The first-order valence-corrected chi connectivity index (χ1v) is 8.88. The molecule has 0 saturated carbocycles. The summed E-state index contributed by atoms with van der Waals surface area (Å²) in [5, 5.41) is 15.3. The van der Waals surface area contributed by atoms with Crippen LogP contribution in [0.5, 0.6) is 0 Å². The van der Waals surface area contributed by atoms with Gasteiger partial charge in [-0.05, 0) is 25.3 Å². The van der Waals surface area contributed by atoms with Crippen molar-refractivity contribution in [3.05, 3.63) is 50.2 Å². The molecule has 1 amide bonds. The van der Waals surface area contributed by atoms with Gasteiger partial charge in [-0.15, -0.1) is 12.4 Å². The van der Waals surface area contributed by atoms with E-state index in [-0.39, 0.29) is 51.5 Å². The molecule has 1 fully saturated rings. The van der Waals surface area contributed by atoms with Crippen molar-refractivity contribution in [2.75, 3.05) is 13.1 Å². The predicted molar refractivity (Wildman–Crippen MR) is 105 cm³/mol. The maximum Gasteiger partial charge on any atom is 0.274 e. The molecule has 146 valence electrons. The number of rotatable bonds is 4. The van der Waals surface area contributed by atoms with Crippen LogP contribution in [0.4, 0.5) is 5.69 Å². The molecule has 2 N–H and O–H groups in total. The number of likely N-dealkylation sites (tertiary alicyclic amines) is 1. The van der Waals surface area contributed by atoms with Crippen LogP contribution in [-0.4, -0.2) is 44.6 Å². The largest absolute Gasteiger partial charge is 0.333 e. The van der Waals surface area contributed by atoms with Crippen LogP contribution < -0.4 is 5.73 Å². The van der Waals surface area contributed by atoms with Crippen molar-refractivity contribution in [2.45, 2.75) is 25.3 Å². The molecule has 1 saturated heterocycles. The van der Waals surface area contributed by atoms with Crippen LogP contribution in [0.3, 0.4) is 0 Å². The fourth-order valence-corrected chi connectivity index (χ4v) is 3.75. The van der Waals surface area contributed by atoms with Gasteiger partial charge in [0, 0.05) is 37.5 Å². The monoisotopic (exact) mass is 433 g/mol. The van der Waals surface area contributed by atoms with Crippen molar-refractivity contribution in [1.82, 2.24) is 14.7 Å². The van der Waals surface area contributed by atoms with E-state index < -0.39 is 4.92 Å². The van der Waals surface area contributed by atoms with Gasteiger partial charge in [-0.3, -0.25) is 14.9 Å². The lowest BCUT2D eigenvalue weighted by molar-refractivity contribution is -0.384. The molecular formula is C16H18Cl3N5O3. The van der Waals surface area contributed by atoms with Gasteiger partial charge in [0.15, 0.2) is 5.69 Å². The zero-order valence-corrected chi connectivity index (χ0v) is 16.5. The molecule has 0 bridgehead atoms. The van der Waals surface area contributed by atoms with E-state index in [0.29, 0.717) is 13.1 Å². The van der Waals surface area contributed by atoms with Crippen LogP contribution in [0, 0.1) is 10.1 Å². The molecule has 0 aliphatic carbocycles. The van der Waals surface area contributed by atoms with Crippen molar-refractivity contribution >= 4 is 47.2 Å². The number of nitrogens with zero attached hydrogens (tertiary/aromatic N) is 4. The Bertz CT molecular complexity index is 835. The van der Waals surface area contributed by atoms with Gasteiger partial charge in [-0.2, -0.15) is 5.10 Å². The predicted octanol–water partition coefficient (Wildman–Crippen LogP) is 3.46. The minimum Gasteiger partial charge on any atom is -0.333 e. The van der Waals surface area contributed by atoms with Crippen molar-refractivity contribution in [3.8, 4) is 5.69 Å². The van der Waals surface area contributed by atoms with E-state index in [9.17, 15) is 14.9 Å². The van der Waals surface area contributed by atoms with Crippen LogP contribution in [-0.2, 0) is 0 Å². The zero-order chi connectivity index (χ0) is 18.8. The Morgan fingerprint density at radius 2 is 2.00 bits per heavy atom. The van der Waals surface area contributed by atoms with Gasteiger partial charge in [0.1, 0.15) is 5.69 Å². The Balaban J connectivity index is 0.00000261. The number of aromatic nitrogens is 2. The number of amides is 1. The van der Waals surface area contributed by atoms with Gasteiger partial charge >= 0.3 is 0 Å². The molecule has 0 spiro atoms. The molecule has 1 atom stereocenters. The van der Waals surface area contributed by atoms with E-state index in [1.165, 1.54) is 16.8 Å². The number of non-ortho nitro benzene ring substituents is 1. The molecule has 2 heterocycles. The van der Waals surface area contributed by atoms with Crippen LogP contribution >= 0.6 is 35.6 Å². The fraction of sp³-hybridized carbons (Fsp3) is 0.375. The number of nitro groups is 1. The number of nitrogens with two attached hydrogens (primary N) is 1. The topological polar surface area (TPSA) is 107 Å². The lowest BCUT2D eigenvalue weighted by atomic mass is 10.0. The van der Waals surface area contributed by atoms with E-state index in [2.05, 4.69) is 5.10 Å². The first-order valence-electron chi connectivity index (χ1n) is 8.13. The van der Waals surface area contributed by atoms with Gasteiger partial charge in [-0.25, -0.2) is 4.68 Å². The number of nitro benzene ring substituents is 1. The van der Waals surface area contributed by atoms with Crippen molar-refractivity contribution < 1.29 is 9.72 Å². The summed E-state index contributed by atoms with van der Waals surface area (Å²) < 4.78 is 1.35. The molecule has 0 radical (unpaired) electrons. The highest BCUT2D eigenvalue weighted by Gasteiger charge is 2.28. The molecule has 1 unspecified atom stereocenters. The summed E-state index contributed by atoms with van der Waals surface area (Å²) in [6.07, 6.45) is 4.41. The van der Waals surface area contributed by atoms with Gasteiger partial charge in [-0.1, -0.05) is 23.2 Å². The third-order valence-corrected chi connectivity index (χ3v) is 4.99. The number of hydrogen-bond donors (Lipinski definition) is 1. The standard InChI is InChI=1S/C16H17Cl2N5O3.ClH/c17-12-7-11(23(25)26)8-13(18)15(12)22-6-4-14(20-22)16(24)21-5-2-1-3-10(21)9-19;/h4,6-8,10H,1-3,5,9,19H2;1H. The van der Waals surface area contributed by atoms with Gasteiger partial charge in [0.2, 0.25) is 0 Å². The van der Waals surface area contributed by atoms with E-state index >= 15 is 0 Å². The molecule has 1 aromatic carbocycles. The number of piperidine rings is 1. The number of carbonyl (C=O) groups is 1. The van der Waals surface area contributed by atoms with Gasteiger partial charge < -0.3 is 10.6 Å². The van der Waals surface area contributed by atoms with Crippen molar-refractivity contribution in [3.63, 3.8) is 0 Å². The maximum absolute atomic E-state index is 12.8. The first kappa shape index (κ1) is 21.4. The summed E-state index contributed by atoms with van der Waals surface area (Å²) in [4.78, 5) is 24.8. The van der Waals surface area contributed by atoms with Crippen LogP contribution in [0.15, 0.2) is 24.4 Å². The third kappa shape index (κ3) is 4.35. The van der Waals surface area contributed by atoms with E-state index in [1.54, 1.807) is 17.2 Å². The summed E-state index contributed by atoms with van der Waals surface area (Å²) in [5.41, 5.74) is 6.09. The second-order valence-electron chi connectivity index (χ2n) is 6.04.